The number of allylic oxidation sites excluding steroid dienone is 1. The summed E-state index contributed by atoms with van der Waals surface area (Å²) in [6, 6.07) is 5.33. The Kier molecular flexibility index (Phi) is 6.93. The van der Waals surface area contributed by atoms with E-state index in [1.165, 1.54) is 12.8 Å². The van der Waals surface area contributed by atoms with Crippen LogP contribution in [0, 0.1) is 11.7 Å². The fraction of sp³-hybridized carbons (Fsp3) is 0.409. The average molecular weight is 397 g/mol. The van der Waals surface area contributed by atoms with Gasteiger partial charge in [0.1, 0.15) is 5.69 Å². The minimum Gasteiger partial charge on any atom is -0.307 e. The third-order valence-corrected chi connectivity index (χ3v) is 5.31. The number of hydrogen-bond donors (Lipinski definition) is 2. The molecule has 1 unspecified atom stereocenters. The van der Waals surface area contributed by atoms with Crippen molar-refractivity contribution in [1.82, 2.24) is 15.1 Å². The van der Waals surface area contributed by atoms with Crippen molar-refractivity contribution in [2.24, 2.45) is 10.9 Å². The van der Waals surface area contributed by atoms with E-state index in [1.54, 1.807) is 12.1 Å². The van der Waals surface area contributed by atoms with Crippen molar-refractivity contribution in [3.05, 3.63) is 35.7 Å². The molecule has 3 rings (SSSR count). The summed E-state index contributed by atoms with van der Waals surface area (Å²) in [7, 11) is 0. The van der Waals surface area contributed by atoms with Crippen LogP contribution in [0.25, 0.3) is 17.3 Å². The Morgan fingerprint density at radius 2 is 2.21 bits per heavy atom. The van der Waals surface area contributed by atoms with Gasteiger partial charge in [-0.1, -0.05) is 25.1 Å². The number of rotatable bonds is 8. The van der Waals surface area contributed by atoms with Crippen LogP contribution in [0.4, 0.5) is 15.9 Å². The Bertz CT molecular complexity index is 899. The molecular weight excluding hydrogens is 369 g/mol. The van der Waals surface area contributed by atoms with E-state index in [0.29, 0.717) is 11.3 Å². The molecule has 29 heavy (non-hydrogen) atoms. The van der Waals surface area contributed by atoms with Crippen molar-refractivity contribution in [3.63, 3.8) is 0 Å². The minimum absolute atomic E-state index is 0.0727. The third-order valence-electron chi connectivity index (χ3n) is 5.31. The maximum atomic E-state index is 14.9. The van der Waals surface area contributed by atoms with Crippen molar-refractivity contribution in [2.75, 3.05) is 25.0 Å². The van der Waals surface area contributed by atoms with Gasteiger partial charge in [-0.05, 0) is 64.7 Å². The predicted molar refractivity (Wildman–Crippen MR) is 116 cm³/mol. The highest BCUT2D eigenvalue weighted by molar-refractivity contribution is 5.92. The molecule has 1 aliphatic rings. The van der Waals surface area contributed by atoms with E-state index in [9.17, 15) is 9.18 Å². The lowest BCUT2D eigenvalue weighted by Crippen LogP contribution is -2.27. The van der Waals surface area contributed by atoms with E-state index in [-0.39, 0.29) is 23.3 Å². The molecule has 2 aromatic rings. The number of H-pyrrole nitrogens is 1. The molecule has 1 amide bonds. The Morgan fingerprint density at radius 1 is 1.45 bits per heavy atom. The molecule has 1 atom stereocenters. The Morgan fingerprint density at radius 3 is 2.90 bits per heavy atom. The van der Waals surface area contributed by atoms with Crippen LogP contribution < -0.4 is 5.32 Å². The molecule has 0 spiro atoms. The molecular formula is C22H28FN5O. The lowest BCUT2D eigenvalue weighted by atomic mass is 10.1. The first-order chi connectivity index (χ1) is 14.0. The Hall–Kier alpha value is -2.80. The van der Waals surface area contributed by atoms with E-state index >= 15 is 0 Å². The third kappa shape index (κ3) is 4.98. The topological polar surface area (TPSA) is 73.4 Å². The Balaban J connectivity index is 1.69. The molecule has 2 N–H and O–H groups in total. The fourth-order valence-electron chi connectivity index (χ4n) is 3.52. The van der Waals surface area contributed by atoms with Gasteiger partial charge in [-0.2, -0.15) is 5.10 Å². The molecule has 0 radical (unpaired) electrons. The monoisotopic (exact) mass is 397 g/mol. The van der Waals surface area contributed by atoms with Crippen LogP contribution in [0.5, 0.6) is 0 Å². The maximum Gasteiger partial charge on any atom is 0.228 e. The molecule has 1 aromatic carbocycles. The van der Waals surface area contributed by atoms with Gasteiger partial charge in [-0.25, -0.2) is 4.39 Å². The fourth-order valence-corrected chi connectivity index (χ4v) is 3.52. The molecule has 0 bridgehead atoms. The summed E-state index contributed by atoms with van der Waals surface area (Å²) >= 11 is 0. The smallest absolute Gasteiger partial charge is 0.228 e. The van der Waals surface area contributed by atoms with E-state index in [2.05, 4.69) is 32.1 Å². The zero-order chi connectivity index (χ0) is 20.8. The van der Waals surface area contributed by atoms with Crippen molar-refractivity contribution < 1.29 is 9.18 Å². The van der Waals surface area contributed by atoms with E-state index < -0.39 is 5.82 Å². The summed E-state index contributed by atoms with van der Waals surface area (Å²) in [6.45, 7) is 10.4. The Labute approximate surface area is 170 Å². The number of amides is 1. The van der Waals surface area contributed by atoms with Crippen molar-refractivity contribution in [1.29, 1.82) is 0 Å². The average Bonchev–Trinajstić information content (AvgIpc) is 3.37. The highest BCUT2D eigenvalue weighted by Gasteiger charge is 2.21. The molecule has 1 aliphatic heterocycles. The number of benzene rings is 1. The largest absolute Gasteiger partial charge is 0.307 e. The minimum atomic E-state index is -0.573. The van der Waals surface area contributed by atoms with Crippen molar-refractivity contribution >= 4 is 30.2 Å². The van der Waals surface area contributed by atoms with Crippen LogP contribution in [0.1, 0.15) is 38.7 Å². The highest BCUT2D eigenvalue weighted by Crippen LogP contribution is 2.30. The maximum absolute atomic E-state index is 14.9. The summed E-state index contributed by atoms with van der Waals surface area (Å²) in [5.74, 6) is -1.08. The lowest BCUT2D eigenvalue weighted by molar-refractivity contribution is -0.119. The number of carbonyl (C=O) groups excluding carboxylic acids is 1. The number of hydrogen-bond acceptors (Lipinski definition) is 4. The molecule has 154 valence electrons. The number of nitrogens with zero attached hydrogens (tertiary/aromatic N) is 3. The number of aromatic nitrogens is 2. The van der Waals surface area contributed by atoms with Crippen LogP contribution in [0.3, 0.4) is 0 Å². The zero-order valence-electron chi connectivity index (χ0n) is 17.0. The highest BCUT2D eigenvalue weighted by atomic mass is 19.1. The van der Waals surface area contributed by atoms with Crippen LogP contribution in [0.15, 0.2) is 29.3 Å². The van der Waals surface area contributed by atoms with E-state index in [1.807, 2.05) is 32.1 Å². The molecule has 0 saturated carbocycles. The van der Waals surface area contributed by atoms with Gasteiger partial charge in [-0.3, -0.25) is 14.9 Å². The summed E-state index contributed by atoms with van der Waals surface area (Å²) in [6.07, 6.45) is 6.95. The van der Waals surface area contributed by atoms with E-state index in [0.717, 1.165) is 31.6 Å². The molecule has 1 saturated heterocycles. The molecule has 1 aromatic heterocycles. The van der Waals surface area contributed by atoms with Gasteiger partial charge in [0.05, 0.1) is 5.69 Å². The molecule has 7 heteroatoms. The SMILES string of the molecule is C=Nc1ccc(-c2[nH]nc(NC(=O)C(C)CCN3CCCC3)c2F)cc1C=CC. The van der Waals surface area contributed by atoms with Gasteiger partial charge in [0, 0.05) is 17.0 Å². The second kappa shape index (κ2) is 9.60. The number of aromatic amines is 1. The number of nitrogens with one attached hydrogen (secondary N) is 2. The molecule has 6 nitrogen and oxygen atoms in total. The second-order valence-electron chi connectivity index (χ2n) is 7.42. The first-order valence-electron chi connectivity index (χ1n) is 10.0. The van der Waals surface area contributed by atoms with Crippen molar-refractivity contribution in [2.45, 2.75) is 33.1 Å². The summed E-state index contributed by atoms with van der Waals surface area (Å²) < 4.78 is 14.9. The number of aliphatic imine (C=N–C) groups is 1. The summed E-state index contributed by atoms with van der Waals surface area (Å²) in [4.78, 5) is 18.8. The number of carbonyl (C=O) groups is 1. The van der Waals surface area contributed by atoms with Gasteiger partial charge in [0.15, 0.2) is 11.6 Å². The van der Waals surface area contributed by atoms with Crippen LogP contribution in [-0.2, 0) is 4.79 Å². The van der Waals surface area contributed by atoms with Gasteiger partial charge >= 0.3 is 0 Å². The van der Waals surface area contributed by atoms with Crippen molar-refractivity contribution in [3.8, 4) is 11.3 Å². The first-order valence-corrected chi connectivity index (χ1v) is 10.0. The normalized spacial score (nSPS) is 15.7. The molecule has 0 aliphatic carbocycles. The second-order valence-corrected chi connectivity index (χ2v) is 7.42. The van der Waals surface area contributed by atoms with Gasteiger partial charge in [0.2, 0.25) is 5.91 Å². The number of likely N-dealkylation sites (tertiary alicyclic amines) is 1. The van der Waals surface area contributed by atoms with Crippen LogP contribution >= 0.6 is 0 Å². The van der Waals surface area contributed by atoms with Crippen LogP contribution in [-0.4, -0.2) is 47.4 Å². The summed E-state index contributed by atoms with van der Waals surface area (Å²) in [5, 5.41) is 9.29. The standard InChI is InChI=1S/C22H28FN5O/c1-4-7-16-14-17(8-9-18(16)24-3)20-19(23)21(27-26-20)25-22(29)15(2)10-13-28-11-5-6-12-28/h4,7-9,14-15H,3,5-6,10-13H2,1-2H3,(H2,25,26,27,29). The molecule has 2 heterocycles. The van der Waals surface area contributed by atoms with Crippen LogP contribution in [0.2, 0.25) is 0 Å². The first kappa shape index (κ1) is 20.9. The predicted octanol–water partition coefficient (Wildman–Crippen LogP) is 4.64. The molecule has 1 fully saturated rings. The number of anilines is 1. The lowest BCUT2D eigenvalue weighted by Gasteiger charge is -2.17. The van der Waals surface area contributed by atoms with E-state index in [4.69, 9.17) is 0 Å². The quantitative estimate of drug-likeness (QED) is 0.637. The van der Waals surface area contributed by atoms with Gasteiger partial charge in [0.25, 0.3) is 0 Å². The number of halogens is 1. The summed E-state index contributed by atoms with van der Waals surface area (Å²) in [5.41, 5.74) is 2.40. The van der Waals surface area contributed by atoms with Gasteiger partial charge in [-0.15, -0.1) is 0 Å². The van der Waals surface area contributed by atoms with Gasteiger partial charge < -0.3 is 10.2 Å². The zero-order valence-corrected chi connectivity index (χ0v) is 17.0.